The van der Waals surface area contributed by atoms with Gasteiger partial charge in [-0.2, -0.15) is 5.10 Å². The molecular formula is C15H18N4O2. The van der Waals surface area contributed by atoms with Crippen LogP contribution in [0.5, 0.6) is 0 Å². The molecule has 0 spiro atoms. The Kier molecular flexibility index (Phi) is 4.07. The van der Waals surface area contributed by atoms with Gasteiger partial charge in [-0.05, 0) is 24.6 Å². The number of amides is 2. The lowest BCUT2D eigenvalue weighted by Gasteiger charge is -2.09. The fourth-order valence-electron chi connectivity index (χ4n) is 2.19. The Hall–Kier alpha value is -2.63. The summed E-state index contributed by atoms with van der Waals surface area (Å²) in [6, 6.07) is 7.60. The second-order valence-corrected chi connectivity index (χ2v) is 4.51. The van der Waals surface area contributed by atoms with Crippen LogP contribution in [0, 0.1) is 6.92 Å². The number of imide groups is 1. The van der Waals surface area contributed by atoms with Gasteiger partial charge in [0, 0.05) is 0 Å². The quantitative estimate of drug-likeness (QED) is 0.779. The highest BCUT2D eigenvalue weighted by atomic mass is 16.2. The first-order valence-electron chi connectivity index (χ1n) is 6.85. The highest BCUT2D eigenvalue weighted by molar-refractivity contribution is 6.11. The summed E-state index contributed by atoms with van der Waals surface area (Å²) in [5.74, 6) is -0.584. The predicted molar refractivity (Wildman–Crippen MR) is 80.2 cm³/mol. The molecule has 6 heteroatoms. The first-order valence-corrected chi connectivity index (χ1v) is 6.85. The number of nitrogens with one attached hydrogen (secondary N) is 1. The third-order valence-electron chi connectivity index (χ3n) is 3.05. The number of nitrogen functional groups attached to an aromatic ring is 1. The number of hydrogen-bond acceptors (Lipinski definition) is 4. The summed E-state index contributed by atoms with van der Waals surface area (Å²) in [5.41, 5.74) is 8.52. The maximum atomic E-state index is 11.8. The van der Waals surface area contributed by atoms with Crippen LogP contribution in [0.4, 0.5) is 5.82 Å². The fraction of sp³-hybridized carbons (Fsp3) is 0.267. The van der Waals surface area contributed by atoms with Gasteiger partial charge in [0.15, 0.2) is 0 Å². The van der Waals surface area contributed by atoms with Crippen molar-refractivity contribution in [3.05, 3.63) is 41.1 Å². The molecule has 2 heterocycles. The van der Waals surface area contributed by atoms with Crippen molar-refractivity contribution in [2.75, 3.05) is 5.73 Å². The van der Waals surface area contributed by atoms with Gasteiger partial charge in [0.25, 0.3) is 5.91 Å². The number of aryl methyl sites for hydroxylation is 1. The maximum Gasteiger partial charge on any atom is 0.263 e. The van der Waals surface area contributed by atoms with E-state index >= 15 is 0 Å². The molecule has 1 aromatic carbocycles. The number of rotatable bonds is 1. The molecule has 1 aliphatic heterocycles. The van der Waals surface area contributed by atoms with Crippen molar-refractivity contribution >= 4 is 17.6 Å². The van der Waals surface area contributed by atoms with Crippen LogP contribution in [0.3, 0.4) is 0 Å². The Morgan fingerprint density at radius 1 is 1.29 bits per heavy atom. The maximum absolute atomic E-state index is 11.8. The van der Waals surface area contributed by atoms with Crippen LogP contribution >= 0.6 is 0 Å². The SMILES string of the molecule is CC.Cc1cccc(-n2nc3c(c2N)C(=O)NC(=O)C3)c1. The Bertz CT molecular complexity index is 704. The summed E-state index contributed by atoms with van der Waals surface area (Å²) in [6.45, 7) is 5.96. The molecule has 0 radical (unpaired) electrons. The smallest absolute Gasteiger partial charge is 0.263 e. The monoisotopic (exact) mass is 286 g/mol. The Morgan fingerprint density at radius 3 is 2.67 bits per heavy atom. The number of benzene rings is 1. The molecular weight excluding hydrogens is 268 g/mol. The first-order chi connectivity index (χ1) is 10.1. The van der Waals surface area contributed by atoms with Crippen molar-refractivity contribution in [2.45, 2.75) is 27.2 Å². The number of carbonyl (C=O) groups excluding carboxylic acids is 2. The fourth-order valence-corrected chi connectivity index (χ4v) is 2.19. The van der Waals surface area contributed by atoms with Gasteiger partial charge < -0.3 is 5.73 Å². The molecule has 0 saturated carbocycles. The second kappa shape index (κ2) is 5.78. The average Bonchev–Trinajstić information content (AvgIpc) is 2.78. The standard InChI is InChI=1S/C13H12N4O2.C2H6/c1-7-3-2-4-8(5-7)17-12(14)11-9(16-17)6-10(18)15-13(11)19;1-2/h2-5H,6,14H2,1H3,(H,15,18,19);1-2H3. The van der Waals surface area contributed by atoms with Crippen LogP contribution in [-0.4, -0.2) is 21.6 Å². The third kappa shape index (κ3) is 2.65. The van der Waals surface area contributed by atoms with Crippen LogP contribution < -0.4 is 11.1 Å². The molecule has 0 bridgehead atoms. The Labute approximate surface area is 122 Å². The third-order valence-corrected chi connectivity index (χ3v) is 3.05. The van der Waals surface area contributed by atoms with E-state index in [-0.39, 0.29) is 18.1 Å². The lowest BCUT2D eigenvalue weighted by molar-refractivity contribution is -0.119. The highest BCUT2D eigenvalue weighted by Crippen LogP contribution is 2.24. The van der Waals surface area contributed by atoms with E-state index in [2.05, 4.69) is 10.4 Å². The minimum absolute atomic E-state index is 0.0735. The van der Waals surface area contributed by atoms with Gasteiger partial charge in [0.05, 0.1) is 17.8 Å². The molecule has 2 amide bonds. The van der Waals surface area contributed by atoms with E-state index in [9.17, 15) is 9.59 Å². The van der Waals surface area contributed by atoms with Gasteiger partial charge in [-0.15, -0.1) is 0 Å². The average molecular weight is 286 g/mol. The topological polar surface area (TPSA) is 90.0 Å². The van der Waals surface area contributed by atoms with Crippen molar-refractivity contribution in [3.8, 4) is 5.69 Å². The Morgan fingerprint density at radius 2 is 2.00 bits per heavy atom. The molecule has 1 aliphatic rings. The molecule has 0 atom stereocenters. The summed E-state index contributed by atoms with van der Waals surface area (Å²) < 4.78 is 1.50. The lowest BCUT2D eigenvalue weighted by Crippen LogP contribution is -2.37. The summed E-state index contributed by atoms with van der Waals surface area (Å²) in [6.07, 6.45) is 0.0735. The van der Waals surface area contributed by atoms with Crippen LogP contribution in [0.15, 0.2) is 24.3 Å². The molecule has 0 fully saturated rings. The van der Waals surface area contributed by atoms with Crippen molar-refractivity contribution in [1.82, 2.24) is 15.1 Å². The molecule has 110 valence electrons. The molecule has 0 saturated heterocycles. The summed E-state index contributed by atoms with van der Waals surface area (Å²) in [7, 11) is 0. The first kappa shape index (κ1) is 14.8. The van der Waals surface area contributed by atoms with Gasteiger partial charge in [-0.1, -0.05) is 26.0 Å². The molecule has 0 aliphatic carbocycles. The zero-order valence-electron chi connectivity index (χ0n) is 12.3. The highest BCUT2D eigenvalue weighted by Gasteiger charge is 2.29. The molecule has 1 aromatic heterocycles. The Balaban J connectivity index is 0.000000774. The minimum Gasteiger partial charge on any atom is -0.383 e. The van der Waals surface area contributed by atoms with Crippen LogP contribution in [-0.2, 0) is 11.2 Å². The van der Waals surface area contributed by atoms with Gasteiger partial charge in [-0.25, -0.2) is 4.68 Å². The van der Waals surface area contributed by atoms with Crippen molar-refractivity contribution in [1.29, 1.82) is 0 Å². The number of hydrogen-bond donors (Lipinski definition) is 2. The van der Waals surface area contributed by atoms with Crippen LogP contribution in [0.2, 0.25) is 0 Å². The zero-order chi connectivity index (χ0) is 15.6. The number of aromatic nitrogens is 2. The van der Waals surface area contributed by atoms with Gasteiger partial charge in [0.1, 0.15) is 11.4 Å². The zero-order valence-corrected chi connectivity index (χ0v) is 12.3. The molecule has 2 aromatic rings. The number of anilines is 1. The summed E-state index contributed by atoms with van der Waals surface area (Å²) >= 11 is 0. The second-order valence-electron chi connectivity index (χ2n) is 4.51. The molecule has 3 N–H and O–H groups in total. The largest absolute Gasteiger partial charge is 0.383 e. The normalized spacial score (nSPS) is 13.1. The van der Waals surface area contributed by atoms with Crippen molar-refractivity contribution < 1.29 is 9.59 Å². The van der Waals surface area contributed by atoms with E-state index in [4.69, 9.17) is 5.73 Å². The number of carbonyl (C=O) groups is 2. The number of nitrogens with two attached hydrogens (primary N) is 1. The van der Waals surface area contributed by atoms with Gasteiger partial charge in [-0.3, -0.25) is 14.9 Å². The minimum atomic E-state index is -0.484. The summed E-state index contributed by atoms with van der Waals surface area (Å²) in [4.78, 5) is 23.1. The van der Waals surface area contributed by atoms with E-state index in [0.717, 1.165) is 11.3 Å². The van der Waals surface area contributed by atoms with Gasteiger partial charge >= 0.3 is 0 Å². The number of nitrogens with zero attached hydrogens (tertiary/aromatic N) is 2. The van der Waals surface area contributed by atoms with Crippen LogP contribution in [0.25, 0.3) is 5.69 Å². The molecule has 3 rings (SSSR count). The predicted octanol–water partition coefficient (Wildman–Crippen LogP) is 1.60. The van der Waals surface area contributed by atoms with E-state index in [1.54, 1.807) is 0 Å². The molecule has 21 heavy (non-hydrogen) atoms. The van der Waals surface area contributed by atoms with E-state index in [0.29, 0.717) is 11.3 Å². The van der Waals surface area contributed by atoms with Crippen molar-refractivity contribution in [3.63, 3.8) is 0 Å². The van der Waals surface area contributed by atoms with Crippen molar-refractivity contribution in [2.24, 2.45) is 0 Å². The molecule has 6 nitrogen and oxygen atoms in total. The summed E-state index contributed by atoms with van der Waals surface area (Å²) in [5, 5.41) is 6.51. The van der Waals surface area contributed by atoms with Crippen LogP contribution in [0.1, 0.15) is 35.5 Å². The van der Waals surface area contributed by atoms with E-state index in [1.807, 2.05) is 45.0 Å². The van der Waals surface area contributed by atoms with Gasteiger partial charge in [0.2, 0.25) is 5.91 Å². The molecule has 0 unspecified atom stereocenters. The van der Waals surface area contributed by atoms with E-state index in [1.165, 1.54) is 4.68 Å². The van der Waals surface area contributed by atoms with E-state index < -0.39 is 5.91 Å². The lowest BCUT2D eigenvalue weighted by atomic mass is 10.1. The number of fused-ring (bicyclic) bond motifs is 1.